The molecule has 1 saturated carbocycles. The van der Waals surface area contributed by atoms with Gasteiger partial charge in [0.2, 0.25) is 0 Å². The summed E-state index contributed by atoms with van der Waals surface area (Å²) in [5, 5.41) is 0. The summed E-state index contributed by atoms with van der Waals surface area (Å²) in [4.78, 5) is 26.5. The number of carbonyl (C=O) groups excluding carboxylic acids is 2. The highest BCUT2D eigenvalue weighted by atomic mass is 16.6. The Morgan fingerprint density at radius 2 is 2.05 bits per heavy atom. The Labute approximate surface area is 125 Å². The first-order valence-corrected chi connectivity index (χ1v) is 7.75. The van der Waals surface area contributed by atoms with E-state index in [0.717, 1.165) is 24.8 Å². The number of fused-ring (bicyclic) bond motifs is 1. The zero-order valence-corrected chi connectivity index (χ0v) is 12.3. The quantitative estimate of drug-likeness (QED) is 0.858. The van der Waals surface area contributed by atoms with Crippen molar-refractivity contribution in [3.63, 3.8) is 0 Å². The maximum Gasteiger partial charge on any atom is 0.410 e. The van der Waals surface area contributed by atoms with E-state index in [-0.39, 0.29) is 36.5 Å². The summed E-state index contributed by atoms with van der Waals surface area (Å²) >= 11 is 0. The average molecular weight is 287 g/mol. The number of rotatable bonds is 3. The van der Waals surface area contributed by atoms with Crippen molar-refractivity contribution in [1.29, 1.82) is 0 Å². The first kappa shape index (κ1) is 14.1. The Morgan fingerprint density at radius 1 is 1.29 bits per heavy atom. The molecular weight excluding hydrogens is 266 g/mol. The standard InChI is InChI=1S/C17H21NO3/c1-2-14-16(19)13-9-6-10-15(13)18(14)17(20)21-11-12-7-4-3-5-8-12/h3-5,7-8,13-15H,2,6,9-11H2,1H3/t13-,14-,15+/m0/s1. The average Bonchev–Trinajstić information content (AvgIpc) is 3.08. The number of ether oxygens (including phenoxy) is 1. The third-order valence-corrected chi connectivity index (χ3v) is 4.67. The van der Waals surface area contributed by atoms with Crippen LogP contribution in [-0.2, 0) is 16.1 Å². The van der Waals surface area contributed by atoms with Gasteiger partial charge in [0, 0.05) is 12.0 Å². The van der Waals surface area contributed by atoms with Crippen LogP contribution in [0.25, 0.3) is 0 Å². The summed E-state index contributed by atoms with van der Waals surface area (Å²) in [6.07, 6.45) is 3.20. The van der Waals surface area contributed by atoms with Crippen molar-refractivity contribution in [3.05, 3.63) is 35.9 Å². The molecule has 1 aromatic rings. The van der Waals surface area contributed by atoms with Crippen molar-refractivity contribution in [3.8, 4) is 0 Å². The van der Waals surface area contributed by atoms with Crippen molar-refractivity contribution >= 4 is 11.9 Å². The number of likely N-dealkylation sites (tertiary alicyclic amines) is 1. The summed E-state index contributed by atoms with van der Waals surface area (Å²) in [5.41, 5.74) is 0.965. The molecule has 1 amide bonds. The number of Topliss-reactive ketones (excluding diaryl/α,β-unsaturated/α-hetero) is 1. The topological polar surface area (TPSA) is 46.6 Å². The number of carbonyl (C=O) groups is 2. The number of amides is 1. The molecule has 1 heterocycles. The zero-order valence-electron chi connectivity index (χ0n) is 12.3. The molecule has 2 aliphatic rings. The van der Waals surface area contributed by atoms with Crippen LogP contribution in [0, 0.1) is 5.92 Å². The Kier molecular flexibility index (Phi) is 3.95. The van der Waals surface area contributed by atoms with Gasteiger partial charge in [-0.15, -0.1) is 0 Å². The fraction of sp³-hybridized carbons (Fsp3) is 0.529. The molecule has 1 saturated heterocycles. The Hall–Kier alpha value is -1.84. The van der Waals surface area contributed by atoms with Gasteiger partial charge in [-0.25, -0.2) is 4.79 Å². The second-order valence-corrected chi connectivity index (χ2v) is 5.88. The predicted molar refractivity (Wildman–Crippen MR) is 78.7 cm³/mol. The smallest absolute Gasteiger partial charge is 0.410 e. The van der Waals surface area contributed by atoms with Crippen molar-refractivity contribution in [2.24, 2.45) is 5.92 Å². The van der Waals surface area contributed by atoms with E-state index in [1.54, 1.807) is 4.90 Å². The number of nitrogens with zero attached hydrogens (tertiary/aromatic N) is 1. The molecule has 2 fully saturated rings. The maximum atomic E-state index is 12.4. The van der Waals surface area contributed by atoms with Gasteiger partial charge in [0.05, 0.1) is 6.04 Å². The molecule has 1 aliphatic carbocycles. The lowest BCUT2D eigenvalue weighted by Crippen LogP contribution is -2.42. The van der Waals surface area contributed by atoms with Crippen molar-refractivity contribution < 1.29 is 14.3 Å². The molecule has 1 aromatic carbocycles. The Balaban J connectivity index is 1.69. The fourth-order valence-electron chi connectivity index (χ4n) is 3.67. The van der Waals surface area contributed by atoms with Gasteiger partial charge in [-0.3, -0.25) is 9.69 Å². The third-order valence-electron chi connectivity index (χ3n) is 4.67. The Bertz CT molecular complexity index is 528. The molecule has 112 valence electrons. The van der Waals surface area contributed by atoms with Gasteiger partial charge in [-0.1, -0.05) is 43.7 Å². The van der Waals surface area contributed by atoms with E-state index in [1.165, 1.54) is 0 Å². The van der Waals surface area contributed by atoms with Crippen LogP contribution in [0.5, 0.6) is 0 Å². The van der Waals surface area contributed by atoms with Crippen molar-refractivity contribution in [2.45, 2.75) is 51.3 Å². The summed E-state index contributed by atoms with van der Waals surface area (Å²) in [5.74, 6) is 0.274. The minimum Gasteiger partial charge on any atom is -0.445 e. The molecule has 3 rings (SSSR count). The molecule has 21 heavy (non-hydrogen) atoms. The minimum atomic E-state index is -0.339. The molecule has 0 aromatic heterocycles. The van der Waals surface area contributed by atoms with Crippen LogP contribution < -0.4 is 0 Å². The summed E-state index contributed by atoms with van der Waals surface area (Å²) in [6, 6.07) is 9.40. The normalized spacial score (nSPS) is 27.8. The molecule has 1 aliphatic heterocycles. The van der Waals surface area contributed by atoms with Crippen LogP contribution in [0.1, 0.15) is 38.2 Å². The van der Waals surface area contributed by atoms with Crippen LogP contribution >= 0.6 is 0 Å². The third kappa shape index (κ3) is 2.55. The molecule has 0 bridgehead atoms. The van der Waals surface area contributed by atoms with E-state index in [1.807, 2.05) is 37.3 Å². The SMILES string of the molecule is CC[C@H]1C(=O)[C@H]2CCC[C@H]2N1C(=O)OCc1ccccc1. The lowest BCUT2D eigenvalue weighted by atomic mass is 9.99. The highest BCUT2D eigenvalue weighted by Crippen LogP contribution is 2.40. The van der Waals surface area contributed by atoms with Gasteiger partial charge in [0.25, 0.3) is 0 Å². The van der Waals surface area contributed by atoms with Gasteiger partial charge < -0.3 is 4.74 Å². The molecule has 4 heteroatoms. The van der Waals surface area contributed by atoms with Crippen LogP contribution in [-0.4, -0.2) is 28.9 Å². The first-order valence-electron chi connectivity index (χ1n) is 7.75. The van der Waals surface area contributed by atoms with E-state index in [4.69, 9.17) is 4.74 Å². The summed E-state index contributed by atoms with van der Waals surface area (Å²) in [6.45, 7) is 2.22. The molecule has 0 unspecified atom stereocenters. The maximum absolute atomic E-state index is 12.4. The fourth-order valence-corrected chi connectivity index (χ4v) is 3.67. The predicted octanol–water partition coefficient (Wildman–Crippen LogP) is 3.16. The second-order valence-electron chi connectivity index (χ2n) is 5.88. The molecule has 0 radical (unpaired) electrons. The lowest BCUT2D eigenvalue weighted by molar-refractivity contribution is -0.122. The first-order chi connectivity index (χ1) is 10.2. The van der Waals surface area contributed by atoms with Gasteiger partial charge in [-0.2, -0.15) is 0 Å². The molecule has 0 spiro atoms. The summed E-state index contributed by atoms with van der Waals surface area (Å²) < 4.78 is 5.44. The number of hydrogen-bond donors (Lipinski definition) is 0. The highest BCUT2D eigenvalue weighted by molar-refractivity contribution is 5.93. The molecule has 4 nitrogen and oxygen atoms in total. The molecule has 3 atom stereocenters. The summed E-state index contributed by atoms with van der Waals surface area (Å²) in [7, 11) is 0. The van der Waals surface area contributed by atoms with Gasteiger partial charge in [0.15, 0.2) is 5.78 Å². The zero-order chi connectivity index (χ0) is 14.8. The second kappa shape index (κ2) is 5.88. The van der Waals surface area contributed by atoms with Gasteiger partial charge in [-0.05, 0) is 24.8 Å². The van der Waals surface area contributed by atoms with E-state index >= 15 is 0 Å². The van der Waals surface area contributed by atoms with Crippen LogP contribution in [0.4, 0.5) is 4.79 Å². The Morgan fingerprint density at radius 3 is 2.76 bits per heavy atom. The largest absolute Gasteiger partial charge is 0.445 e. The van der Waals surface area contributed by atoms with E-state index in [2.05, 4.69) is 0 Å². The van der Waals surface area contributed by atoms with Crippen LogP contribution in [0.3, 0.4) is 0 Å². The number of hydrogen-bond acceptors (Lipinski definition) is 3. The minimum absolute atomic E-state index is 0.0409. The van der Waals surface area contributed by atoms with Crippen molar-refractivity contribution in [1.82, 2.24) is 4.90 Å². The molecular formula is C17H21NO3. The number of ketones is 1. The number of benzene rings is 1. The van der Waals surface area contributed by atoms with Gasteiger partial charge >= 0.3 is 6.09 Å². The highest BCUT2D eigenvalue weighted by Gasteiger charge is 2.51. The van der Waals surface area contributed by atoms with Crippen LogP contribution in [0.2, 0.25) is 0 Å². The van der Waals surface area contributed by atoms with E-state index in [9.17, 15) is 9.59 Å². The monoisotopic (exact) mass is 287 g/mol. The van der Waals surface area contributed by atoms with Crippen molar-refractivity contribution in [2.75, 3.05) is 0 Å². The lowest BCUT2D eigenvalue weighted by Gasteiger charge is -2.27. The van der Waals surface area contributed by atoms with Crippen LogP contribution in [0.15, 0.2) is 30.3 Å². The van der Waals surface area contributed by atoms with E-state index in [0.29, 0.717) is 6.42 Å². The van der Waals surface area contributed by atoms with Gasteiger partial charge in [0.1, 0.15) is 6.61 Å². The molecule has 0 N–H and O–H groups in total. The van der Waals surface area contributed by atoms with E-state index < -0.39 is 0 Å².